The molecule has 3 aromatic heterocycles. The van der Waals surface area contributed by atoms with Crippen molar-refractivity contribution < 1.29 is 0 Å². The summed E-state index contributed by atoms with van der Waals surface area (Å²) in [6.45, 7) is 3.97. The van der Waals surface area contributed by atoms with Crippen molar-refractivity contribution in [2.75, 3.05) is 25.5 Å². The highest BCUT2D eigenvalue weighted by Gasteiger charge is 2.36. The minimum atomic E-state index is -0.0363. The lowest BCUT2D eigenvalue weighted by atomic mass is 9.86. The van der Waals surface area contributed by atoms with E-state index in [0.29, 0.717) is 11.6 Å². The fraction of sp³-hybridized carbons (Fsp3) is 0.417. The number of anilines is 1. The van der Waals surface area contributed by atoms with Crippen LogP contribution in [0.5, 0.6) is 0 Å². The predicted octanol–water partition coefficient (Wildman–Crippen LogP) is 3.42. The zero-order valence-electron chi connectivity index (χ0n) is 18.4. The van der Waals surface area contributed by atoms with Crippen LogP contribution in [0.1, 0.15) is 42.6 Å². The summed E-state index contributed by atoms with van der Waals surface area (Å²) in [7, 11) is 2.13. The quantitative estimate of drug-likeness (QED) is 0.505. The first-order valence-electron chi connectivity index (χ1n) is 11.3. The lowest BCUT2D eigenvalue weighted by molar-refractivity contribution is 0.113. The molecule has 6 rings (SSSR count). The Labute approximate surface area is 185 Å². The number of aromatic nitrogens is 5. The Kier molecular flexibility index (Phi) is 4.50. The molecule has 8 heteroatoms. The van der Waals surface area contributed by atoms with Gasteiger partial charge < -0.3 is 19.8 Å². The van der Waals surface area contributed by atoms with Gasteiger partial charge in [-0.1, -0.05) is 18.2 Å². The van der Waals surface area contributed by atoms with E-state index < -0.39 is 0 Å². The third kappa shape index (κ3) is 3.01. The number of nitrogens with zero attached hydrogens (tertiary/aromatic N) is 5. The third-order valence-electron chi connectivity index (χ3n) is 7.16. The first-order valence-corrected chi connectivity index (χ1v) is 11.3. The number of benzene rings is 1. The zero-order chi connectivity index (χ0) is 21.8. The molecule has 1 unspecified atom stereocenters. The summed E-state index contributed by atoms with van der Waals surface area (Å²) in [6, 6.07) is 8.57. The SMILES string of the molecule is Cc1cccc2cc(C(Nc3ncnc4nc[nH]c34)C3CN(C)C3)n(C3CCC3)c(=O)c12. The molecule has 1 atom stereocenters. The van der Waals surface area contributed by atoms with Crippen LogP contribution in [-0.4, -0.2) is 49.5 Å². The fourth-order valence-corrected chi connectivity index (χ4v) is 5.24. The average molecular weight is 430 g/mol. The van der Waals surface area contributed by atoms with Gasteiger partial charge in [0.2, 0.25) is 0 Å². The summed E-state index contributed by atoms with van der Waals surface area (Å²) in [6.07, 6.45) is 6.46. The van der Waals surface area contributed by atoms with Crippen LogP contribution < -0.4 is 10.9 Å². The van der Waals surface area contributed by atoms with E-state index in [-0.39, 0.29) is 17.6 Å². The topological polar surface area (TPSA) is 91.7 Å². The van der Waals surface area contributed by atoms with Crippen LogP contribution in [0, 0.1) is 12.8 Å². The van der Waals surface area contributed by atoms with Crippen LogP contribution in [0.4, 0.5) is 5.82 Å². The van der Waals surface area contributed by atoms with Crippen molar-refractivity contribution in [1.29, 1.82) is 0 Å². The second kappa shape index (κ2) is 7.41. The molecule has 1 aromatic carbocycles. The summed E-state index contributed by atoms with van der Waals surface area (Å²) in [4.78, 5) is 32.3. The molecular weight excluding hydrogens is 402 g/mol. The number of rotatable bonds is 5. The molecule has 2 N–H and O–H groups in total. The molecule has 2 fully saturated rings. The van der Waals surface area contributed by atoms with Crippen molar-refractivity contribution in [3.8, 4) is 0 Å². The number of pyridine rings is 1. The van der Waals surface area contributed by atoms with E-state index in [1.165, 1.54) is 12.7 Å². The maximum Gasteiger partial charge on any atom is 0.259 e. The Morgan fingerprint density at radius 1 is 1.19 bits per heavy atom. The molecule has 1 aliphatic heterocycles. The molecule has 4 aromatic rings. The molecule has 8 nitrogen and oxygen atoms in total. The predicted molar refractivity (Wildman–Crippen MR) is 125 cm³/mol. The number of imidazole rings is 1. The minimum absolute atomic E-state index is 0.0363. The van der Waals surface area contributed by atoms with Crippen LogP contribution >= 0.6 is 0 Å². The number of likely N-dealkylation sites (tertiary alicyclic amines) is 1. The molecule has 4 heterocycles. The van der Waals surface area contributed by atoms with Crippen LogP contribution in [0.15, 0.2) is 41.7 Å². The summed E-state index contributed by atoms with van der Waals surface area (Å²) in [5.74, 6) is 1.10. The number of hydrogen-bond acceptors (Lipinski definition) is 6. The molecule has 164 valence electrons. The number of aryl methyl sites for hydroxylation is 1. The molecule has 32 heavy (non-hydrogen) atoms. The minimum Gasteiger partial charge on any atom is -0.359 e. The molecule has 1 aliphatic carbocycles. The van der Waals surface area contributed by atoms with Gasteiger partial charge in [-0.05, 0) is 50.2 Å². The highest BCUT2D eigenvalue weighted by molar-refractivity contribution is 5.86. The number of fused-ring (bicyclic) bond motifs is 2. The van der Waals surface area contributed by atoms with Gasteiger partial charge in [-0.2, -0.15) is 0 Å². The average Bonchev–Trinajstić information content (AvgIpc) is 3.20. The highest BCUT2D eigenvalue weighted by atomic mass is 16.1. The van der Waals surface area contributed by atoms with Gasteiger partial charge in [0.25, 0.3) is 5.56 Å². The lowest BCUT2D eigenvalue weighted by Gasteiger charge is -2.43. The first-order chi connectivity index (χ1) is 15.6. The zero-order valence-corrected chi connectivity index (χ0v) is 18.4. The standard InChI is InChI=1S/C24H27N7O/c1-14-5-3-6-15-9-18(31(17-7-4-8-17)24(32)19(14)15)20(16-10-30(2)11-16)29-23-21-22(26-12-25-21)27-13-28-23/h3,5-6,9,12-13,16-17,20H,4,7-8,10-11H2,1-2H3,(H2,25,26,27,28,29). The van der Waals surface area contributed by atoms with Gasteiger partial charge >= 0.3 is 0 Å². The molecule has 1 saturated heterocycles. The Balaban J connectivity index is 1.54. The summed E-state index contributed by atoms with van der Waals surface area (Å²) in [5, 5.41) is 5.54. The highest BCUT2D eigenvalue weighted by Crippen LogP contribution is 2.38. The lowest BCUT2D eigenvalue weighted by Crippen LogP contribution is -2.49. The van der Waals surface area contributed by atoms with Gasteiger partial charge in [0.15, 0.2) is 11.5 Å². The van der Waals surface area contributed by atoms with E-state index in [1.54, 1.807) is 6.33 Å². The van der Waals surface area contributed by atoms with Crippen LogP contribution in [0.2, 0.25) is 0 Å². The second-order valence-electron chi connectivity index (χ2n) is 9.29. The van der Waals surface area contributed by atoms with E-state index in [0.717, 1.165) is 59.3 Å². The second-order valence-corrected chi connectivity index (χ2v) is 9.29. The molecule has 1 saturated carbocycles. The van der Waals surface area contributed by atoms with Crippen molar-refractivity contribution in [3.63, 3.8) is 0 Å². The van der Waals surface area contributed by atoms with Crippen LogP contribution in [0.3, 0.4) is 0 Å². The van der Waals surface area contributed by atoms with Gasteiger partial charge in [-0.3, -0.25) is 4.79 Å². The Morgan fingerprint density at radius 2 is 2.03 bits per heavy atom. The van der Waals surface area contributed by atoms with Gasteiger partial charge in [0.05, 0.1) is 17.8 Å². The number of H-pyrrole nitrogens is 1. The molecule has 0 amide bonds. The van der Waals surface area contributed by atoms with Crippen molar-refractivity contribution in [2.24, 2.45) is 5.92 Å². The summed E-state index contributed by atoms with van der Waals surface area (Å²) < 4.78 is 2.08. The normalized spacial score (nSPS) is 18.6. The van der Waals surface area contributed by atoms with Gasteiger partial charge in [0, 0.05) is 30.7 Å². The summed E-state index contributed by atoms with van der Waals surface area (Å²) in [5.41, 5.74) is 3.66. The Morgan fingerprint density at radius 3 is 2.78 bits per heavy atom. The number of nitrogens with one attached hydrogen (secondary N) is 2. The van der Waals surface area contributed by atoms with Crippen molar-refractivity contribution in [2.45, 2.75) is 38.3 Å². The van der Waals surface area contributed by atoms with Crippen LogP contribution in [-0.2, 0) is 0 Å². The van der Waals surface area contributed by atoms with Crippen molar-refractivity contribution in [3.05, 3.63) is 58.5 Å². The molecule has 2 aliphatic rings. The maximum absolute atomic E-state index is 13.8. The largest absolute Gasteiger partial charge is 0.359 e. The third-order valence-corrected chi connectivity index (χ3v) is 7.16. The number of hydrogen-bond donors (Lipinski definition) is 2. The fourth-order valence-electron chi connectivity index (χ4n) is 5.24. The van der Waals surface area contributed by atoms with Crippen LogP contribution in [0.25, 0.3) is 21.9 Å². The molecule has 0 spiro atoms. The van der Waals surface area contributed by atoms with Gasteiger partial charge in [-0.15, -0.1) is 0 Å². The number of aromatic amines is 1. The maximum atomic E-state index is 13.8. The molecule has 0 radical (unpaired) electrons. The van der Waals surface area contributed by atoms with E-state index in [9.17, 15) is 4.79 Å². The Hall–Kier alpha value is -3.26. The van der Waals surface area contributed by atoms with Gasteiger partial charge in [0.1, 0.15) is 11.8 Å². The van der Waals surface area contributed by atoms with E-state index in [4.69, 9.17) is 0 Å². The van der Waals surface area contributed by atoms with Crippen molar-refractivity contribution in [1.82, 2.24) is 29.4 Å². The monoisotopic (exact) mass is 429 g/mol. The first kappa shape index (κ1) is 19.4. The molecule has 0 bridgehead atoms. The molecular formula is C24H27N7O. The smallest absolute Gasteiger partial charge is 0.259 e. The van der Waals surface area contributed by atoms with Crippen molar-refractivity contribution >= 4 is 27.8 Å². The van der Waals surface area contributed by atoms with Gasteiger partial charge in [-0.25, -0.2) is 15.0 Å². The Bertz CT molecular complexity index is 1360. The van der Waals surface area contributed by atoms with E-state index in [2.05, 4.69) is 53.9 Å². The summed E-state index contributed by atoms with van der Waals surface area (Å²) >= 11 is 0. The van der Waals surface area contributed by atoms with E-state index >= 15 is 0 Å². The van der Waals surface area contributed by atoms with E-state index in [1.807, 2.05) is 19.1 Å².